The SMILES string of the molecule is CC(C)[NH+](Cc1cccc(F)c1)Cc1ccc(C(=O)NCCC[NH+]2CCCC[C@@H]2C)o1. The summed E-state index contributed by atoms with van der Waals surface area (Å²) in [5.74, 6) is 0.775. The van der Waals surface area contributed by atoms with Crippen molar-refractivity contribution in [3.8, 4) is 0 Å². The molecule has 1 saturated heterocycles. The third-order valence-corrected chi connectivity index (χ3v) is 6.47. The summed E-state index contributed by atoms with van der Waals surface area (Å²) in [4.78, 5) is 15.4. The van der Waals surface area contributed by atoms with Crippen molar-refractivity contribution in [2.75, 3.05) is 19.6 Å². The van der Waals surface area contributed by atoms with Crippen LogP contribution in [0.25, 0.3) is 0 Å². The van der Waals surface area contributed by atoms with E-state index in [1.807, 2.05) is 12.1 Å². The first-order valence-electron chi connectivity index (χ1n) is 11.7. The van der Waals surface area contributed by atoms with E-state index in [0.29, 0.717) is 31.4 Å². The lowest BCUT2D eigenvalue weighted by atomic mass is 10.0. The van der Waals surface area contributed by atoms with Crippen molar-refractivity contribution in [3.63, 3.8) is 0 Å². The van der Waals surface area contributed by atoms with Crippen LogP contribution in [0.5, 0.6) is 0 Å². The maximum absolute atomic E-state index is 13.5. The van der Waals surface area contributed by atoms with Gasteiger partial charge < -0.3 is 19.5 Å². The number of benzene rings is 1. The fourth-order valence-corrected chi connectivity index (χ4v) is 4.43. The van der Waals surface area contributed by atoms with Gasteiger partial charge >= 0.3 is 0 Å². The second kappa shape index (κ2) is 11.4. The van der Waals surface area contributed by atoms with E-state index < -0.39 is 0 Å². The van der Waals surface area contributed by atoms with Gasteiger partial charge in [-0.2, -0.15) is 0 Å². The molecule has 1 aromatic carbocycles. The van der Waals surface area contributed by atoms with Crippen molar-refractivity contribution < 1.29 is 23.4 Å². The minimum absolute atomic E-state index is 0.149. The summed E-state index contributed by atoms with van der Waals surface area (Å²) in [6.07, 6.45) is 4.96. The molecule has 3 N–H and O–H groups in total. The van der Waals surface area contributed by atoms with E-state index in [4.69, 9.17) is 4.42 Å². The number of rotatable bonds is 10. The highest BCUT2D eigenvalue weighted by atomic mass is 19.1. The first-order valence-corrected chi connectivity index (χ1v) is 11.7. The van der Waals surface area contributed by atoms with E-state index in [-0.39, 0.29) is 11.7 Å². The molecule has 5 nitrogen and oxygen atoms in total. The molecule has 2 aromatic rings. The Labute approximate surface area is 185 Å². The highest BCUT2D eigenvalue weighted by Gasteiger charge is 2.22. The number of nitrogens with one attached hydrogen (secondary N) is 3. The highest BCUT2D eigenvalue weighted by molar-refractivity contribution is 5.91. The summed E-state index contributed by atoms with van der Waals surface area (Å²) in [6, 6.07) is 11.4. The second-order valence-corrected chi connectivity index (χ2v) is 9.23. The maximum Gasteiger partial charge on any atom is 0.287 e. The second-order valence-electron chi connectivity index (χ2n) is 9.23. The number of carbonyl (C=O) groups is 1. The lowest BCUT2D eigenvalue weighted by Crippen LogP contribution is -3.16. The van der Waals surface area contributed by atoms with Gasteiger partial charge in [0.25, 0.3) is 5.91 Å². The van der Waals surface area contributed by atoms with Crippen LogP contribution in [-0.2, 0) is 13.1 Å². The first kappa shape index (κ1) is 23.5. The van der Waals surface area contributed by atoms with Crippen LogP contribution in [-0.4, -0.2) is 37.6 Å². The van der Waals surface area contributed by atoms with Gasteiger partial charge in [0.2, 0.25) is 0 Å². The molecule has 3 rings (SSSR count). The van der Waals surface area contributed by atoms with Crippen LogP contribution in [0.2, 0.25) is 0 Å². The van der Waals surface area contributed by atoms with Crippen molar-refractivity contribution in [3.05, 3.63) is 59.3 Å². The molecule has 0 spiro atoms. The Morgan fingerprint density at radius 1 is 1.26 bits per heavy atom. The molecule has 31 heavy (non-hydrogen) atoms. The van der Waals surface area contributed by atoms with Crippen LogP contribution in [0.15, 0.2) is 40.8 Å². The van der Waals surface area contributed by atoms with E-state index >= 15 is 0 Å². The average Bonchev–Trinajstić information content (AvgIpc) is 3.20. The number of quaternary nitrogens is 2. The largest absolute Gasteiger partial charge is 0.450 e. The molecule has 1 aliphatic rings. The van der Waals surface area contributed by atoms with E-state index in [2.05, 4.69) is 26.1 Å². The van der Waals surface area contributed by atoms with Crippen molar-refractivity contribution >= 4 is 5.91 Å². The lowest BCUT2D eigenvalue weighted by molar-refractivity contribution is -0.949. The summed E-state index contributed by atoms with van der Waals surface area (Å²) in [5.41, 5.74) is 0.957. The molecular formula is C25H38FN3O2+2. The van der Waals surface area contributed by atoms with Gasteiger partial charge in [0, 0.05) is 18.5 Å². The Bertz CT molecular complexity index is 836. The monoisotopic (exact) mass is 431 g/mol. The molecule has 1 amide bonds. The zero-order chi connectivity index (χ0) is 22.2. The van der Waals surface area contributed by atoms with Gasteiger partial charge in [-0.3, -0.25) is 4.79 Å². The van der Waals surface area contributed by atoms with Crippen LogP contribution < -0.4 is 15.1 Å². The molecular weight excluding hydrogens is 393 g/mol. The summed E-state index contributed by atoms with van der Waals surface area (Å²) in [7, 11) is 0. The van der Waals surface area contributed by atoms with Gasteiger partial charge in [0.05, 0.1) is 25.2 Å². The summed E-state index contributed by atoms with van der Waals surface area (Å²) in [6.45, 7) is 11.0. The number of halogens is 1. The molecule has 2 heterocycles. The molecule has 2 unspecified atom stereocenters. The minimum atomic E-state index is -0.214. The predicted octanol–water partition coefficient (Wildman–Crippen LogP) is 1.99. The van der Waals surface area contributed by atoms with Gasteiger partial charge in [-0.25, -0.2) is 4.39 Å². The van der Waals surface area contributed by atoms with Crippen LogP contribution in [0.4, 0.5) is 4.39 Å². The van der Waals surface area contributed by atoms with E-state index in [1.165, 1.54) is 36.8 Å². The topological polar surface area (TPSA) is 51.1 Å². The van der Waals surface area contributed by atoms with E-state index in [1.54, 1.807) is 23.1 Å². The highest BCUT2D eigenvalue weighted by Crippen LogP contribution is 2.08. The van der Waals surface area contributed by atoms with Crippen LogP contribution >= 0.6 is 0 Å². The summed E-state index contributed by atoms with van der Waals surface area (Å²) >= 11 is 0. The van der Waals surface area contributed by atoms with Crippen molar-refractivity contribution in [1.29, 1.82) is 0 Å². The summed E-state index contributed by atoms with van der Waals surface area (Å²) in [5, 5.41) is 2.99. The Hall–Kier alpha value is -2.18. The smallest absolute Gasteiger partial charge is 0.287 e. The third-order valence-electron chi connectivity index (χ3n) is 6.47. The minimum Gasteiger partial charge on any atom is -0.450 e. The molecule has 1 aliphatic heterocycles. The molecule has 0 saturated carbocycles. The normalized spacial score (nSPS) is 20.0. The van der Waals surface area contributed by atoms with Crippen LogP contribution in [0.3, 0.4) is 0 Å². The van der Waals surface area contributed by atoms with Gasteiger partial charge in [0.15, 0.2) is 11.5 Å². The molecule has 1 fully saturated rings. The number of hydrogen-bond donors (Lipinski definition) is 3. The number of amides is 1. The number of carbonyl (C=O) groups excluding carboxylic acids is 1. The molecule has 0 aliphatic carbocycles. The van der Waals surface area contributed by atoms with Crippen molar-refractivity contribution in [2.45, 2.75) is 71.6 Å². The zero-order valence-corrected chi connectivity index (χ0v) is 19.2. The Balaban J connectivity index is 1.47. The fraction of sp³-hybridized carbons (Fsp3) is 0.560. The van der Waals surface area contributed by atoms with E-state index in [0.717, 1.165) is 30.3 Å². The van der Waals surface area contributed by atoms with E-state index in [9.17, 15) is 9.18 Å². The van der Waals surface area contributed by atoms with Crippen LogP contribution in [0.1, 0.15) is 68.3 Å². The van der Waals surface area contributed by atoms with Gasteiger partial charge in [-0.05, 0) is 64.3 Å². The Kier molecular flexibility index (Phi) is 8.67. The molecule has 0 bridgehead atoms. The third kappa shape index (κ3) is 7.18. The first-order chi connectivity index (χ1) is 14.9. The molecule has 170 valence electrons. The fourth-order valence-electron chi connectivity index (χ4n) is 4.43. The lowest BCUT2D eigenvalue weighted by Gasteiger charge is -2.30. The van der Waals surface area contributed by atoms with Crippen LogP contribution in [0, 0.1) is 5.82 Å². The Morgan fingerprint density at radius 2 is 2.10 bits per heavy atom. The Morgan fingerprint density at radius 3 is 2.84 bits per heavy atom. The van der Waals surface area contributed by atoms with Crippen molar-refractivity contribution in [1.82, 2.24) is 5.32 Å². The van der Waals surface area contributed by atoms with Gasteiger partial charge in [0.1, 0.15) is 18.9 Å². The number of hydrogen-bond acceptors (Lipinski definition) is 2. The zero-order valence-electron chi connectivity index (χ0n) is 19.2. The number of likely N-dealkylation sites (tertiary alicyclic amines) is 1. The predicted molar refractivity (Wildman–Crippen MR) is 120 cm³/mol. The van der Waals surface area contributed by atoms with Crippen molar-refractivity contribution in [2.24, 2.45) is 0 Å². The quantitative estimate of drug-likeness (QED) is 0.504. The standard InChI is InChI=1S/C25H36FN3O2/c1-19(2)29(17-21-9-6-10-22(26)16-21)18-23-11-12-24(31-23)25(30)27-13-7-15-28-14-5-4-8-20(28)3/h6,9-12,16,19-20H,4-5,7-8,13-15,17-18H2,1-3H3,(H,27,30)/p+2/t20-/m0/s1. The average molecular weight is 432 g/mol. The van der Waals surface area contributed by atoms with Gasteiger partial charge in [-0.15, -0.1) is 0 Å². The molecule has 3 atom stereocenters. The number of furan rings is 1. The molecule has 0 radical (unpaired) electrons. The maximum atomic E-state index is 13.5. The number of piperidine rings is 1. The molecule has 6 heteroatoms. The van der Waals surface area contributed by atoms with Gasteiger partial charge in [-0.1, -0.05) is 12.1 Å². The molecule has 1 aromatic heterocycles. The summed E-state index contributed by atoms with van der Waals surface area (Å²) < 4.78 is 19.4.